The van der Waals surface area contributed by atoms with E-state index < -0.39 is 5.97 Å². The van der Waals surface area contributed by atoms with Crippen molar-refractivity contribution in [3.05, 3.63) is 35.4 Å². The number of pyridine rings is 1. The number of hydrogen-bond donors (Lipinski definition) is 3. The summed E-state index contributed by atoms with van der Waals surface area (Å²) in [6, 6.07) is 9.89. The molecular formula is C18H20N4O3. The lowest BCUT2D eigenvalue weighted by molar-refractivity contribution is -0.138. The maximum Gasteiger partial charge on any atom is 0.303 e. The molecule has 130 valence electrons. The molecule has 1 aromatic heterocycles. The molecule has 2 aromatic rings. The number of nitriles is 1. The lowest BCUT2D eigenvalue weighted by Crippen LogP contribution is -2.29. The first-order valence-corrected chi connectivity index (χ1v) is 8.09. The van der Waals surface area contributed by atoms with Crippen molar-refractivity contribution in [3.8, 4) is 6.07 Å². The largest absolute Gasteiger partial charge is 0.481 e. The van der Waals surface area contributed by atoms with E-state index in [4.69, 9.17) is 5.11 Å². The van der Waals surface area contributed by atoms with Crippen LogP contribution in [0.25, 0.3) is 10.9 Å². The van der Waals surface area contributed by atoms with Gasteiger partial charge in [0.1, 0.15) is 11.9 Å². The minimum Gasteiger partial charge on any atom is -0.481 e. The molecule has 0 spiro atoms. The van der Waals surface area contributed by atoms with Crippen LogP contribution in [0, 0.1) is 11.3 Å². The van der Waals surface area contributed by atoms with Crippen molar-refractivity contribution < 1.29 is 14.7 Å². The zero-order valence-electron chi connectivity index (χ0n) is 14.0. The van der Waals surface area contributed by atoms with Crippen LogP contribution in [0.4, 0.5) is 5.82 Å². The second-order valence-corrected chi connectivity index (χ2v) is 5.55. The fourth-order valence-electron chi connectivity index (χ4n) is 2.36. The van der Waals surface area contributed by atoms with E-state index in [1.165, 1.54) is 5.56 Å². The first-order chi connectivity index (χ1) is 12.0. The van der Waals surface area contributed by atoms with Gasteiger partial charge in [-0.1, -0.05) is 13.0 Å². The highest BCUT2D eigenvalue weighted by Gasteiger charge is 2.08. The summed E-state index contributed by atoms with van der Waals surface area (Å²) in [5, 5.41) is 24.4. The van der Waals surface area contributed by atoms with Crippen LogP contribution < -0.4 is 10.6 Å². The molecule has 1 heterocycles. The molecule has 1 aromatic carbocycles. The van der Waals surface area contributed by atoms with E-state index in [1.54, 1.807) is 6.07 Å². The lowest BCUT2D eigenvalue weighted by Gasteiger charge is -2.10. The number of aliphatic carboxylic acids is 1. The van der Waals surface area contributed by atoms with Gasteiger partial charge in [-0.3, -0.25) is 9.59 Å². The first-order valence-electron chi connectivity index (χ1n) is 8.09. The summed E-state index contributed by atoms with van der Waals surface area (Å²) in [6.07, 6.45) is 0.677. The number of nitrogens with zero attached hydrogens (tertiary/aromatic N) is 2. The van der Waals surface area contributed by atoms with Gasteiger partial charge in [0.05, 0.1) is 17.5 Å². The van der Waals surface area contributed by atoms with Crippen LogP contribution in [-0.2, 0) is 16.0 Å². The summed E-state index contributed by atoms with van der Waals surface area (Å²) < 4.78 is 0. The van der Waals surface area contributed by atoms with Crippen LogP contribution in [0.1, 0.15) is 30.9 Å². The third kappa shape index (κ3) is 5.18. The Morgan fingerprint density at radius 2 is 2.04 bits per heavy atom. The number of hydrogen-bond acceptors (Lipinski definition) is 5. The Balaban J connectivity index is 1.97. The van der Waals surface area contributed by atoms with E-state index in [1.807, 2.05) is 18.2 Å². The van der Waals surface area contributed by atoms with Gasteiger partial charge in [-0.25, -0.2) is 4.98 Å². The Labute approximate surface area is 145 Å². The van der Waals surface area contributed by atoms with Gasteiger partial charge in [0.2, 0.25) is 5.91 Å². The van der Waals surface area contributed by atoms with E-state index in [-0.39, 0.29) is 18.7 Å². The van der Waals surface area contributed by atoms with Gasteiger partial charge in [-0.15, -0.1) is 0 Å². The van der Waals surface area contributed by atoms with Crippen LogP contribution in [-0.4, -0.2) is 35.1 Å². The number of carbonyl (C=O) groups excluding carboxylic acids is 1. The monoisotopic (exact) mass is 340 g/mol. The Morgan fingerprint density at radius 1 is 1.24 bits per heavy atom. The highest BCUT2D eigenvalue weighted by atomic mass is 16.4. The summed E-state index contributed by atoms with van der Waals surface area (Å²) in [5.74, 6) is -0.846. The van der Waals surface area contributed by atoms with Gasteiger partial charge >= 0.3 is 5.97 Å². The van der Waals surface area contributed by atoms with Crippen LogP contribution >= 0.6 is 0 Å². The first kappa shape index (κ1) is 18.2. The molecule has 0 aliphatic carbocycles. The molecule has 2 rings (SSSR count). The van der Waals surface area contributed by atoms with Gasteiger partial charge in [0.25, 0.3) is 0 Å². The molecule has 7 nitrogen and oxygen atoms in total. The van der Waals surface area contributed by atoms with E-state index in [0.717, 1.165) is 17.3 Å². The summed E-state index contributed by atoms with van der Waals surface area (Å²) >= 11 is 0. The Bertz CT molecular complexity index is 827. The standard InChI is InChI=1S/C18H20N4O3/c1-2-12-3-4-15-13(9-12)10-14(11-19)18(22-15)21-8-7-20-16(23)5-6-17(24)25/h3-4,9-10H,2,5-8H2,1H3,(H,20,23)(H,21,22)(H,24,25). The van der Waals surface area contributed by atoms with Gasteiger partial charge in [-0.2, -0.15) is 5.26 Å². The average molecular weight is 340 g/mol. The molecule has 3 N–H and O–H groups in total. The van der Waals surface area contributed by atoms with Gasteiger partial charge in [0, 0.05) is 24.9 Å². The number of nitrogens with one attached hydrogen (secondary N) is 2. The molecule has 25 heavy (non-hydrogen) atoms. The molecule has 0 aliphatic rings. The van der Waals surface area contributed by atoms with Crippen LogP contribution in [0.5, 0.6) is 0 Å². The number of amides is 1. The smallest absolute Gasteiger partial charge is 0.303 e. The SMILES string of the molecule is CCc1ccc2nc(NCCNC(=O)CCC(=O)O)c(C#N)cc2c1. The highest BCUT2D eigenvalue weighted by Crippen LogP contribution is 2.21. The molecule has 0 saturated carbocycles. The minimum atomic E-state index is -1.00. The molecule has 0 unspecified atom stereocenters. The van der Waals surface area contributed by atoms with Crippen molar-refractivity contribution >= 4 is 28.6 Å². The molecule has 7 heteroatoms. The van der Waals surface area contributed by atoms with Crippen LogP contribution in [0.2, 0.25) is 0 Å². The maximum atomic E-state index is 11.4. The van der Waals surface area contributed by atoms with Crippen molar-refractivity contribution in [1.29, 1.82) is 5.26 Å². The zero-order chi connectivity index (χ0) is 18.2. The summed E-state index contributed by atoms with van der Waals surface area (Å²) in [4.78, 5) is 26.3. The number of carboxylic acids is 1. The molecule has 0 atom stereocenters. The second kappa shape index (κ2) is 8.64. The number of carboxylic acid groups (broad SMARTS) is 1. The van der Waals surface area contributed by atoms with E-state index in [2.05, 4.69) is 28.6 Å². The Morgan fingerprint density at radius 3 is 2.72 bits per heavy atom. The summed E-state index contributed by atoms with van der Waals surface area (Å²) in [7, 11) is 0. The second-order valence-electron chi connectivity index (χ2n) is 5.55. The maximum absolute atomic E-state index is 11.4. The minimum absolute atomic E-state index is 0.0488. The fraction of sp³-hybridized carbons (Fsp3) is 0.333. The molecule has 0 saturated heterocycles. The number of anilines is 1. The highest BCUT2D eigenvalue weighted by molar-refractivity contribution is 5.83. The third-order valence-electron chi connectivity index (χ3n) is 3.71. The third-order valence-corrected chi connectivity index (χ3v) is 3.71. The number of benzene rings is 1. The topological polar surface area (TPSA) is 115 Å². The molecular weight excluding hydrogens is 320 g/mol. The van der Waals surface area contributed by atoms with Crippen molar-refractivity contribution in [2.75, 3.05) is 18.4 Å². The normalized spacial score (nSPS) is 10.2. The molecule has 0 radical (unpaired) electrons. The Kier molecular flexibility index (Phi) is 6.29. The van der Waals surface area contributed by atoms with Crippen molar-refractivity contribution in [2.24, 2.45) is 0 Å². The number of aromatic nitrogens is 1. The van der Waals surface area contributed by atoms with Gasteiger partial charge < -0.3 is 15.7 Å². The number of aryl methyl sites for hydroxylation is 1. The van der Waals surface area contributed by atoms with Crippen LogP contribution in [0.15, 0.2) is 24.3 Å². The van der Waals surface area contributed by atoms with E-state index in [0.29, 0.717) is 24.5 Å². The number of carbonyl (C=O) groups is 2. The predicted octanol–water partition coefficient (Wildman–Crippen LogP) is 2.06. The van der Waals surface area contributed by atoms with Gasteiger partial charge in [-0.05, 0) is 30.2 Å². The van der Waals surface area contributed by atoms with E-state index >= 15 is 0 Å². The molecule has 0 aliphatic heterocycles. The number of rotatable bonds is 8. The summed E-state index contributed by atoms with van der Waals surface area (Å²) in [5.41, 5.74) is 2.42. The zero-order valence-corrected chi connectivity index (χ0v) is 14.0. The lowest BCUT2D eigenvalue weighted by atomic mass is 10.1. The number of fused-ring (bicyclic) bond motifs is 1. The quantitative estimate of drug-likeness (QED) is 0.634. The Hall–Kier alpha value is -3.14. The predicted molar refractivity (Wildman–Crippen MR) is 94.2 cm³/mol. The van der Waals surface area contributed by atoms with Crippen molar-refractivity contribution in [3.63, 3.8) is 0 Å². The van der Waals surface area contributed by atoms with Crippen molar-refractivity contribution in [2.45, 2.75) is 26.2 Å². The molecule has 1 amide bonds. The molecule has 0 fully saturated rings. The average Bonchev–Trinajstić information content (AvgIpc) is 2.62. The summed E-state index contributed by atoms with van der Waals surface area (Å²) in [6.45, 7) is 2.78. The van der Waals surface area contributed by atoms with Crippen molar-refractivity contribution in [1.82, 2.24) is 10.3 Å². The molecule has 0 bridgehead atoms. The van der Waals surface area contributed by atoms with Crippen LogP contribution in [0.3, 0.4) is 0 Å². The fourth-order valence-corrected chi connectivity index (χ4v) is 2.36. The van der Waals surface area contributed by atoms with E-state index in [9.17, 15) is 14.9 Å². The van der Waals surface area contributed by atoms with Gasteiger partial charge in [0.15, 0.2) is 0 Å².